The van der Waals surface area contributed by atoms with Crippen LogP contribution in [0.3, 0.4) is 0 Å². The lowest BCUT2D eigenvalue weighted by Gasteiger charge is -2.29. The Morgan fingerprint density at radius 1 is 0.644 bits per heavy atom. The summed E-state index contributed by atoms with van der Waals surface area (Å²) in [5.74, 6) is -6.70. The van der Waals surface area contributed by atoms with Crippen molar-refractivity contribution in [1.29, 1.82) is 0 Å². The van der Waals surface area contributed by atoms with Gasteiger partial charge in [-0.3, -0.25) is 28.8 Å². The molecule has 0 unspecified atom stereocenters. The quantitative estimate of drug-likeness (QED) is 0.0638. The zero-order chi connectivity index (χ0) is 43.8. The highest BCUT2D eigenvalue weighted by atomic mass is 16.4. The lowest BCUT2D eigenvalue weighted by atomic mass is 9.96. The van der Waals surface area contributed by atoms with E-state index < -0.39 is 90.1 Å². The van der Waals surface area contributed by atoms with Crippen LogP contribution >= 0.6 is 0 Å². The molecule has 322 valence electrons. The number of H-pyrrole nitrogens is 1. The molecule has 0 fully saturated rings. The number of fused-ring (bicyclic) bond motifs is 1. The van der Waals surface area contributed by atoms with Gasteiger partial charge in [-0.2, -0.15) is 0 Å². The van der Waals surface area contributed by atoms with Crippen molar-refractivity contribution in [2.45, 2.75) is 123 Å². The predicted octanol–water partition coefficient (Wildman–Crippen LogP) is 2.79. The maximum absolute atomic E-state index is 14.2. The van der Waals surface area contributed by atoms with Crippen molar-refractivity contribution in [2.75, 3.05) is 0 Å². The summed E-state index contributed by atoms with van der Waals surface area (Å²) >= 11 is 0. The van der Waals surface area contributed by atoms with E-state index in [0.717, 1.165) is 16.5 Å². The third kappa shape index (κ3) is 15.2. The average Bonchev–Trinajstić information content (AvgIpc) is 3.59. The monoisotopic (exact) mass is 819 g/mol. The molecule has 0 aliphatic carbocycles. The summed E-state index contributed by atoms with van der Waals surface area (Å²) in [5, 5.41) is 33.4. The Morgan fingerprint density at radius 2 is 1.19 bits per heavy atom. The Morgan fingerprint density at radius 3 is 1.80 bits per heavy atom. The summed E-state index contributed by atoms with van der Waals surface area (Å²) in [6.07, 6.45) is 1.72. The highest BCUT2D eigenvalue weighted by Crippen LogP contribution is 2.20. The minimum atomic E-state index is -1.46. The Bertz CT molecular complexity index is 1900. The first-order chi connectivity index (χ1) is 27.9. The highest BCUT2D eigenvalue weighted by molar-refractivity contribution is 5.97. The second-order valence-electron chi connectivity index (χ2n) is 16.0. The molecule has 5 amide bonds. The van der Waals surface area contributed by atoms with E-state index in [2.05, 4.69) is 31.6 Å². The van der Waals surface area contributed by atoms with Gasteiger partial charge in [0.1, 0.15) is 30.2 Å². The molecule has 59 heavy (non-hydrogen) atoms. The van der Waals surface area contributed by atoms with E-state index in [0.29, 0.717) is 12.0 Å². The molecule has 0 radical (unpaired) electrons. The number of hydrogen-bond acceptors (Lipinski definition) is 8. The van der Waals surface area contributed by atoms with E-state index in [-0.39, 0.29) is 43.9 Å². The van der Waals surface area contributed by atoms with Crippen molar-refractivity contribution in [3.05, 3.63) is 71.9 Å². The van der Waals surface area contributed by atoms with Gasteiger partial charge in [-0.05, 0) is 60.6 Å². The van der Waals surface area contributed by atoms with Crippen LogP contribution in [0.1, 0.15) is 84.8 Å². The van der Waals surface area contributed by atoms with E-state index >= 15 is 0 Å². The third-order valence-corrected chi connectivity index (χ3v) is 10.1. The number of carboxylic acids is 2. The predicted molar refractivity (Wildman–Crippen MR) is 223 cm³/mol. The second kappa shape index (κ2) is 23.0. The fourth-order valence-corrected chi connectivity index (χ4v) is 6.66. The number of hydrogen-bond donors (Lipinski definition) is 9. The Balaban J connectivity index is 1.92. The maximum Gasteiger partial charge on any atom is 0.326 e. The van der Waals surface area contributed by atoms with Crippen LogP contribution in [0.15, 0.2) is 60.8 Å². The first-order valence-electron chi connectivity index (χ1n) is 20.2. The molecule has 0 aliphatic rings. The molecule has 0 aliphatic heterocycles. The number of aromatic nitrogens is 1. The number of para-hydroxylation sites is 1. The number of aliphatic carboxylic acids is 2. The van der Waals surface area contributed by atoms with Crippen molar-refractivity contribution in [3.63, 3.8) is 0 Å². The summed E-state index contributed by atoms with van der Waals surface area (Å²) in [6.45, 7) is 10.9. The molecule has 3 rings (SSSR count). The molecule has 10 N–H and O–H groups in total. The SMILES string of the molecule is CC[C@H](C)[C@H](NC(=O)[C@@H](N)Cc1ccccc1)C(=O)N[C@@H](CCC(=O)O)C(=O)N[C@@H](Cc1c[nH]c2ccccc12)C(=O)N[C@@H](CC(C)C)C(=O)N[C@@H](CC(C)C)C(=O)O. The van der Waals surface area contributed by atoms with Gasteiger partial charge >= 0.3 is 11.9 Å². The molecular weight excluding hydrogens is 759 g/mol. The van der Waals surface area contributed by atoms with E-state index in [4.69, 9.17) is 5.73 Å². The first kappa shape index (κ1) is 47.6. The molecule has 16 heteroatoms. The lowest BCUT2D eigenvalue weighted by Crippen LogP contribution is -2.60. The maximum atomic E-state index is 14.2. The van der Waals surface area contributed by atoms with Crippen LogP contribution in [0.4, 0.5) is 0 Å². The van der Waals surface area contributed by atoms with Gasteiger partial charge in [0, 0.05) is 29.9 Å². The van der Waals surface area contributed by atoms with Crippen molar-refractivity contribution < 1.29 is 43.8 Å². The second-order valence-corrected chi connectivity index (χ2v) is 16.0. The summed E-state index contributed by atoms with van der Waals surface area (Å²) in [5.41, 5.74) is 8.45. The molecule has 0 bridgehead atoms. The normalized spacial score (nSPS) is 14.9. The van der Waals surface area contributed by atoms with E-state index in [9.17, 15) is 43.8 Å². The Labute approximate surface area is 345 Å². The summed E-state index contributed by atoms with van der Waals surface area (Å²) in [6, 6.07) is 9.13. The van der Waals surface area contributed by atoms with Crippen molar-refractivity contribution in [3.8, 4) is 0 Å². The molecule has 0 spiro atoms. The third-order valence-electron chi connectivity index (χ3n) is 10.1. The van der Waals surface area contributed by atoms with Crippen LogP contribution in [0.25, 0.3) is 10.9 Å². The molecule has 7 atom stereocenters. The van der Waals surface area contributed by atoms with Gasteiger partial charge in [-0.15, -0.1) is 0 Å². The topological polar surface area (TPSA) is 262 Å². The number of aromatic amines is 1. The van der Waals surface area contributed by atoms with E-state index in [1.54, 1.807) is 13.1 Å². The summed E-state index contributed by atoms with van der Waals surface area (Å²) < 4.78 is 0. The minimum absolute atomic E-state index is 0.0474. The van der Waals surface area contributed by atoms with Crippen molar-refractivity contribution in [1.82, 2.24) is 31.6 Å². The average molecular weight is 820 g/mol. The fraction of sp³-hybridized carbons (Fsp3) is 0.512. The molecular formula is C43H61N7O9. The molecule has 1 heterocycles. The summed E-state index contributed by atoms with van der Waals surface area (Å²) in [4.78, 5) is 95.9. The number of carbonyl (C=O) groups excluding carboxylic acids is 5. The zero-order valence-corrected chi connectivity index (χ0v) is 34.7. The molecule has 0 saturated heterocycles. The van der Waals surface area contributed by atoms with Crippen LogP contribution in [-0.4, -0.2) is 92.9 Å². The van der Waals surface area contributed by atoms with Crippen LogP contribution in [-0.2, 0) is 46.4 Å². The number of nitrogens with two attached hydrogens (primary N) is 1. The molecule has 0 saturated carbocycles. The first-order valence-corrected chi connectivity index (χ1v) is 20.2. The largest absolute Gasteiger partial charge is 0.481 e. The number of benzene rings is 2. The number of rotatable bonds is 24. The summed E-state index contributed by atoms with van der Waals surface area (Å²) in [7, 11) is 0. The van der Waals surface area contributed by atoms with Crippen LogP contribution in [0.2, 0.25) is 0 Å². The molecule has 1 aromatic heterocycles. The van der Waals surface area contributed by atoms with E-state index in [1.807, 2.05) is 89.2 Å². The van der Waals surface area contributed by atoms with Crippen LogP contribution < -0.4 is 32.3 Å². The van der Waals surface area contributed by atoms with Gasteiger partial charge in [-0.1, -0.05) is 96.5 Å². The van der Waals surface area contributed by atoms with Gasteiger partial charge in [-0.25, -0.2) is 4.79 Å². The lowest BCUT2D eigenvalue weighted by molar-refractivity contribution is -0.143. The standard InChI is InChI=1S/C43H61N7O9/c1-7-26(6)37(50-38(53)30(44)21-27-13-9-8-10-14-27)42(57)46-32(17-18-36(51)52)39(54)48-34(22-28-23-45-31-16-12-11-15-29(28)31)41(56)47-33(19-24(2)3)40(55)49-35(43(58)59)20-25(4)5/h8-16,23-26,30,32-35,37,45H,7,17-22,44H2,1-6H3,(H,46,57)(H,47,56)(H,48,54)(H,49,55)(H,50,53)(H,51,52)(H,58,59)/t26-,30-,32-,33-,34-,35-,37-/m0/s1. The van der Waals surface area contributed by atoms with E-state index in [1.165, 1.54) is 0 Å². The zero-order valence-electron chi connectivity index (χ0n) is 34.7. The smallest absolute Gasteiger partial charge is 0.326 e. The van der Waals surface area contributed by atoms with Crippen LogP contribution in [0, 0.1) is 17.8 Å². The number of nitrogens with one attached hydrogen (secondary N) is 6. The molecule has 2 aromatic carbocycles. The van der Waals surface area contributed by atoms with Gasteiger partial charge in [0.2, 0.25) is 29.5 Å². The van der Waals surface area contributed by atoms with Gasteiger partial charge in [0.05, 0.1) is 6.04 Å². The molecule has 16 nitrogen and oxygen atoms in total. The van der Waals surface area contributed by atoms with Crippen LogP contribution in [0.5, 0.6) is 0 Å². The Hall–Kier alpha value is -5.77. The van der Waals surface area contributed by atoms with Gasteiger partial charge in [0.25, 0.3) is 0 Å². The highest BCUT2D eigenvalue weighted by Gasteiger charge is 2.35. The van der Waals surface area contributed by atoms with Crippen molar-refractivity contribution in [2.24, 2.45) is 23.5 Å². The minimum Gasteiger partial charge on any atom is -0.481 e. The number of carboxylic acid groups (broad SMARTS) is 2. The fourth-order valence-electron chi connectivity index (χ4n) is 6.66. The van der Waals surface area contributed by atoms with Gasteiger partial charge in [0.15, 0.2) is 0 Å². The number of amides is 5. The molecule has 3 aromatic rings. The Kier molecular flexibility index (Phi) is 18.5. The number of carbonyl (C=O) groups is 7. The van der Waals surface area contributed by atoms with Crippen molar-refractivity contribution >= 4 is 52.4 Å². The van der Waals surface area contributed by atoms with Gasteiger partial charge < -0.3 is 47.5 Å².